The Morgan fingerprint density at radius 3 is 2.44 bits per heavy atom. The second-order valence-electron chi connectivity index (χ2n) is 23.4. The lowest BCUT2D eigenvalue weighted by Gasteiger charge is -2.64. The largest absolute Gasteiger partial charge is 0.481 e. The number of aliphatic hydroxyl groups is 2. The average Bonchev–Trinajstić information content (AvgIpc) is 3.78. The Balaban J connectivity index is 0.871. The van der Waals surface area contributed by atoms with E-state index in [4.69, 9.17) is 14.0 Å². The van der Waals surface area contributed by atoms with Gasteiger partial charge in [0.15, 0.2) is 12.6 Å². The van der Waals surface area contributed by atoms with Crippen LogP contribution in [0.5, 0.6) is 0 Å². The predicted octanol–water partition coefficient (Wildman–Crippen LogP) is 9.35. The maximum Gasteiger partial charge on any atom is 0.471 e. The molecule has 2 unspecified atom stereocenters. The Hall–Kier alpha value is -2.85. The van der Waals surface area contributed by atoms with Crippen LogP contribution in [0.15, 0.2) is 47.1 Å². The summed E-state index contributed by atoms with van der Waals surface area (Å²) in [6.07, 6.45) is 13.5. The van der Waals surface area contributed by atoms with Gasteiger partial charge in [-0.05, 0) is 190 Å². The number of allylic oxidation sites excluding steroid dienone is 4. The average molecular weight is 960 g/mol. The highest BCUT2D eigenvalue weighted by Crippen LogP contribution is 2.70. The van der Waals surface area contributed by atoms with Gasteiger partial charge in [0.1, 0.15) is 5.60 Å². The number of hydrogen-bond acceptors (Lipinski definition) is 9. The number of rotatable bonds is 14. The Kier molecular flexibility index (Phi) is 14.0. The summed E-state index contributed by atoms with van der Waals surface area (Å²) in [7, 11) is -2.64. The number of ketones is 1. The number of likely N-dealkylation sites (N-methyl/N-ethyl adjacent to an activating group) is 1. The number of aliphatic hydroxyl groups excluding tert-OH is 1. The van der Waals surface area contributed by atoms with Crippen molar-refractivity contribution in [3.63, 3.8) is 0 Å². The van der Waals surface area contributed by atoms with Gasteiger partial charge < -0.3 is 39.5 Å². The summed E-state index contributed by atoms with van der Waals surface area (Å²) in [4.78, 5) is 45.4. The lowest BCUT2D eigenvalue weighted by Crippen LogP contribution is -2.62. The van der Waals surface area contributed by atoms with Crippen LogP contribution in [0, 0.1) is 75.4 Å². The van der Waals surface area contributed by atoms with Crippen molar-refractivity contribution in [3.8, 4) is 11.8 Å². The zero-order valence-corrected chi connectivity index (χ0v) is 42.2. The zero-order valence-electron chi connectivity index (χ0n) is 41.3. The van der Waals surface area contributed by atoms with E-state index < -0.39 is 37.7 Å². The molecule has 0 amide bonds. The molecule has 0 spiro atoms. The highest BCUT2D eigenvalue weighted by molar-refractivity contribution is 7.46. The molecule has 0 bridgehead atoms. The number of fused-ring (bicyclic) bond motifs is 9. The number of hydrogen-bond donors (Lipinski definition) is 5. The van der Waals surface area contributed by atoms with E-state index in [1.165, 1.54) is 22.3 Å². The topological polar surface area (TPSA) is 183 Å². The van der Waals surface area contributed by atoms with Crippen LogP contribution in [0.4, 0.5) is 5.69 Å². The van der Waals surface area contributed by atoms with Crippen molar-refractivity contribution >= 4 is 25.3 Å². The van der Waals surface area contributed by atoms with Crippen LogP contribution in [0.3, 0.4) is 0 Å². The molecule has 0 heterocycles. The van der Waals surface area contributed by atoms with Crippen LogP contribution in [-0.2, 0) is 28.2 Å². The summed E-state index contributed by atoms with van der Waals surface area (Å²) in [5.74, 6) is 7.54. The molecule has 8 aliphatic carbocycles. The highest BCUT2D eigenvalue weighted by Gasteiger charge is 2.67. The number of carbonyl (C=O) groups is 2. The van der Waals surface area contributed by atoms with Crippen LogP contribution >= 0.6 is 7.82 Å². The van der Waals surface area contributed by atoms with Crippen LogP contribution in [0.1, 0.15) is 149 Å². The number of carboxylic acids is 1. The normalized spacial score (nSPS) is 41.2. The van der Waals surface area contributed by atoms with Crippen molar-refractivity contribution in [1.82, 2.24) is 0 Å². The molecule has 6 fully saturated rings. The van der Waals surface area contributed by atoms with Gasteiger partial charge >= 0.3 is 13.8 Å². The predicted molar refractivity (Wildman–Crippen MR) is 259 cm³/mol. The molecular weight excluding hydrogens is 882 g/mol. The van der Waals surface area contributed by atoms with Crippen molar-refractivity contribution in [2.45, 2.75) is 167 Å². The molecule has 374 valence electrons. The van der Waals surface area contributed by atoms with Gasteiger partial charge in [0.05, 0.1) is 24.9 Å². The van der Waals surface area contributed by atoms with Gasteiger partial charge in [0.2, 0.25) is 0 Å². The van der Waals surface area contributed by atoms with Gasteiger partial charge in [0, 0.05) is 43.5 Å². The molecule has 1 aromatic rings. The zero-order chi connectivity index (χ0) is 48.6. The fourth-order valence-corrected chi connectivity index (χ4v) is 17.2. The fourth-order valence-electron chi connectivity index (χ4n) is 17.0. The van der Waals surface area contributed by atoms with E-state index in [1.807, 2.05) is 13.0 Å². The Labute approximate surface area is 404 Å². The maximum atomic E-state index is 12.6. The van der Waals surface area contributed by atoms with Gasteiger partial charge in [0.25, 0.3) is 0 Å². The Morgan fingerprint density at radius 1 is 0.956 bits per heavy atom. The summed E-state index contributed by atoms with van der Waals surface area (Å²) in [6.45, 7) is 11.6. The smallest absolute Gasteiger partial charge is 0.471 e. The molecule has 0 aromatic heterocycles. The van der Waals surface area contributed by atoms with Gasteiger partial charge in [-0.25, -0.2) is 4.57 Å². The number of phosphoric ester groups is 1. The van der Waals surface area contributed by atoms with E-state index in [9.17, 15) is 39.3 Å². The minimum atomic E-state index is -4.75. The van der Waals surface area contributed by atoms with Gasteiger partial charge in [-0.15, -0.1) is 5.92 Å². The molecule has 9 rings (SSSR count). The molecule has 13 heteroatoms. The fraction of sp³-hybridized carbons (Fsp3) is 0.745. The highest BCUT2D eigenvalue weighted by atomic mass is 31.2. The summed E-state index contributed by atoms with van der Waals surface area (Å²) >= 11 is 0. The van der Waals surface area contributed by atoms with Crippen LogP contribution < -0.4 is 4.90 Å². The lowest BCUT2D eigenvalue weighted by molar-refractivity contribution is -0.227. The van der Waals surface area contributed by atoms with E-state index in [0.29, 0.717) is 50.7 Å². The second kappa shape index (κ2) is 19.0. The van der Waals surface area contributed by atoms with Gasteiger partial charge in [-0.2, -0.15) is 0 Å². The molecule has 0 aliphatic heterocycles. The number of benzene rings is 1. The molecule has 12 nitrogen and oxygen atoms in total. The third-order valence-corrected chi connectivity index (χ3v) is 21.0. The minimum absolute atomic E-state index is 0.0484. The number of anilines is 1. The molecule has 0 radical (unpaired) electrons. The lowest BCUT2D eigenvalue weighted by atomic mass is 9.43. The minimum Gasteiger partial charge on any atom is -0.481 e. The molecule has 16 atom stereocenters. The van der Waals surface area contributed by atoms with Gasteiger partial charge in [-0.3, -0.25) is 14.1 Å². The number of ether oxygens (including phenoxy) is 2. The number of aliphatic carboxylic acids is 1. The maximum absolute atomic E-state index is 12.6. The first-order chi connectivity index (χ1) is 32.2. The van der Waals surface area contributed by atoms with Crippen LogP contribution in [0.2, 0.25) is 0 Å². The van der Waals surface area contributed by atoms with Crippen molar-refractivity contribution in [1.29, 1.82) is 0 Å². The SMILES string of the molecule is CC#C[C@@]1(O)CCC2C3CCC4=CC(=O)CCC4=C3[C@H](c3ccc(N(C)CCO[C@H]4CC[C@@]5(C)[C@@H](C4)C[C@@H](OCOP(=O)(O)O)[C@@H]4[C@@H]5C[C@H](O)[C@]5(C)[C@@H]([C@H](C)CCC(=O)O)CC[C@@H]45)cc3)C[C@@]21C. The third-order valence-electron chi connectivity index (χ3n) is 20.5. The third kappa shape index (κ3) is 8.84. The number of carbonyl (C=O) groups excluding carboxylic acids is 1. The number of nitrogens with zero attached hydrogens (tertiary/aromatic N) is 1. The Morgan fingerprint density at radius 2 is 1.72 bits per heavy atom. The van der Waals surface area contributed by atoms with Crippen molar-refractivity contribution in [2.75, 3.05) is 31.9 Å². The Bertz CT molecular complexity index is 2260. The molecule has 6 saturated carbocycles. The van der Waals surface area contributed by atoms with Crippen LogP contribution in [-0.4, -0.2) is 87.8 Å². The van der Waals surface area contributed by atoms with Crippen LogP contribution in [0.25, 0.3) is 0 Å². The first-order valence-corrected chi connectivity index (χ1v) is 27.5. The first kappa shape index (κ1) is 50.1. The van der Waals surface area contributed by atoms with E-state index in [0.717, 1.165) is 76.3 Å². The molecule has 5 N–H and O–H groups in total. The summed E-state index contributed by atoms with van der Waals surface area (Å²) < 4.78 is 29.7. The standard InChI is InChI=1S/C55H78NO11P/c1-7-22-55(61)24-21-44-41-15-11-35-27-38(57)14-16-40(35)50(41)42(31-53(44,55)4)34-9-12-37(13-10-34)56(6)25-26-65-39-20-23-52(3)36(28-39)29-47(66-32-67-68(62,63)64)51-45-18-17-43(33(2)8-19-49(59)60)54(45,5)48(58)30-46(51)52/h9-10,12-13,27,33,36,39,41-48,51,58,61H,8,11,14-21,23-26,28-32H2,1-6H3,(H,59,60)(H2,62,63,64)/t33-,36+,39+,41?,42+,43-,44?,45+,46+,47-,48+,51+,52+,53+,54-,55-/m1/s1. The number of phosphoric acid groups is 1. The van der Waals surface area contributed by atoms with E-state index in [-0.39, 0.29) is 76.7 Å². The van der Waals surface area contributed by atoms with Crippen molar-refractivity contribution in [3.05, 3.63) is 52.6 Å². The van der Waals surface area contributed by atoms with Crippen molar-refractivity contribution < 1.29 is 53.3 Å². The van der Waals surface area contributed by atoms with E-state index in [1.54, 1.807) is 0 Å². The monoisotopic (exact) mass is 960 g/mol. The summed E-state index contributed by atoms with van der Waals surface area (Å²) in [5.41, 5.74) is 4.67. The first-order valence-electron chi connectivity index (χ1n) is 26.0. The molecule has 0 saturated heterocycles. The quantitative estimate of drug-likeness (QED) is 0.0678. The second-order valence-corrected chi connectivity index (χ2v) is 24.7. The summed E-state index contributed by atoms with van der Waals surface area (Å²) in [6, 6.07) is 8.98. The molecule has 1 aromatic carbocycles. The number of carboxylic acid groups (broad SMARTS) is 1. The van der Waals surface area contributed by atoms with E-state index in [2.05, 4.69) is 75.7 Å². The van der Waals surface area contributed by atoms with E-state index >= 15 is 0 Å². The molecular formula is C55H78NO11P. The molecule has 8 aliphatic rings. The summed E-state index contributed by atoms with van der Waals surface area (Å²) in [5, 5.41) is 33.7. The van der Waals surface area contributed by atoms with Gasteiger partial charge in [-0.1, -0.05) is 51.3 Å². The van der Waals surface area contributed by atoms with Crippen molar-refractivity contribution in [2.24, 2.45) is 63.6 Å². The molecule has 68 heavy (non-hydrogen) atoms.